The molecule has 1 aliphatic rings. The third-order valence-electron chi connectivity index (χ3n) is 4.87. The van der Waals surface area contributed by atoms with Crippen LogP contribution in [0.3, 0.4) is 0 Å². The maximum absolute atomic E-state index is 12.0. The third kappa shape index (κ3) is 5.84. The standard InChI is InChI=1S/C22H24O11/c1-30-16-9-12(4-6-14(16)24)32-22-21(29)20(28)19(27)17(33-22)10-31-18(26)7-3-11-2-5-13(23)15(25)8-11/h2-9,17,19-25,27-29H,10H2,1H3/b7-3+/t17-,19-,20+,21-,22-/m1/s1. The van der Waals surface area contributed by atoms with Crippen LogP contribution in [-0.2, 0) is 14.3 Å². The number of aliphatic hydroxyl groups is 3. The summed E-state index contributed by atoms with van der Waals surface area (Å²) >= 11 is 0. The van der Waals surface area contributed by atoms with E-state index >= 15 is 0 Å². The van der Waals surface area contributed by atoms with E-state index < -0.39 is 43.3 Å². The number of carbonyl (C=O) groups excluding carboxylic acids is 1. The summed E-state index contributed by atoms with van der Waals surface area (Å²) in [6, 6.07) is 7.98. The van der Waals surface area contributed by atoms with Gasteiger partial charge in [0.15, 0.2) is 23.0 Å². The van der Waals surface area contributed by atoms with E-state index in [9.17, 15) is 35.4 Å². The predicted molar refractivity (Wildman–Crippen MR) is 112 cm³/mol. The SMILES string of the molecule is COc1cc(O[C@@H]2O[C@H](COC(=O)/C=C/c3ccc(O)c(O)c3)[C@@H](O)[C@H](O)[C@H]2O)ccc1O. The third-order valence-corrected chi connectivity index (χ3v) is 4.87. The van der Waals surface area contributed by atoms with Crippen molar-refractivity contribution in [1.29, 1.82) is 0 Å². The molecule has 11 nitrogen and oxygen atoms in total. The quantitative estimate of drug-likeness (QED) is 0.188. The molecule has 0 amide bonds. The van der Waals surface area contributed by atoms with E-state index in [1.807, 2.05) is 0 Å². The summed E-state index contributed by atoms with van der Waals surface area (Å²) in [6.45, 7) is -0.465. The number of aliphatic hydroxyl groups excluding tert-OH is 3. The van der Waals surface area contributed by atoms with Gasteiger partial charge < -0.3 is 49.6 Å². The molecule has 3 rings (SSSR count). The van der Waals surface area contributed by atoms with Crippen molar-refractivity contribution in [2.75, 3.05) is 13.7 Å². The molecule has 1 fully saturated rings. The van der Waals surface area contributed by atoms with Crippen molar-refractivity contribution in [3.05, 3.63) is 48.0 Å². The average molecular weight is 464 g/mol. The number of ether oxygens (including phenoxy) is 4. The number of carbonyl (C=O) groups is 1. The molecule has 0 radical (unpaired) electrons. The fourth-order valence-electron chi connectivity index (χ4n) is 3.04. The maximum atomic E-state index is 12.0. The first kappa shape index (κ1) is 24.1. The van der Waals surface area contributed by atoms with Gasteiger partial charge in [-0.1, -0.05) is 6.07 Å². The van der Waals surface area contributed by atoms with Gasteiger partial charge in [0, 0.05) is 12.1 Å². The highest BCUT2D eigenvalue weighted by Crippen LogP contribution is 2.32. The van der Waals surface area contributed by atoms with Crippen LogP contribution in [0.1, 0.15) is 5.56 Å². The number of methoxy groups -OCH3 is 1. The molecule has 1 heterocycles. The van der Waals surface area contributed by atoms with Gasteiger partial charge in [-0.2, -0.15) is 0 Å². The average Bonchev–Trinajstić information content (AvgIpc) is 2.80. The second-order valence-corrected chi connectivity index (χ2v) is 7.18. The van der Waals surface area contributed by atoms with Gasteiger partial charge in [-0.05, 0) is 35.9 Å². The van der Waals surface area contributed by atoms with Gasteiger partial charge in [0.1, 0.15) is 36.8 Å². The normalized spacial score (nSPS) is 25.0. The lowest BCUT2D eigenvalue weighted by Gasteiger charge is -2.39. The number of hydrogen-bond acceptors (Lipinski definition) is 11. The van der Waals surface area contributed by atoms with Gasteiger partial charge in [0.25, 0.3) is 0 Å². The van der Waals surface area contributed by atoms with Crippen LogP contribution in [0.25, 0.3) is 6.08 Å². The van der Waals surface area contributed by atoms with Crippen molar-refractivity contribution in [3.8, 4) is 28.7 Å². The van der Waals surface area contributed by atoms with Gasteiger partial charge in [-0.25, -0.2) is 4.79 Å². The van der Waals surface area contributed by atoms with Crippen LogP contribution in [0.5, 0.6) is 28.7 Å². The second kappa shape index (κ2) is 10.4. The Morgan fingerprint density at radius 2 is 1.70 bits per heavy atom. The molecule has 0 spiro atoms. The molecule has 5 atom stereocenters. The largest absolute Gasteiger partial charge is 0.504 e. The number of esters is 1. The fourth-order valence-corrected chi connectivity index (χ4v) is 3.04. The predicted octanol–water partition coefficient (Wildman–Crippen LogP) is 0.255. The van der Waals surface area contributed by atoms with Crippen molar-refractivity contribution in [1.82, 2.24) is 0 Å². The molecule has 2 aromatic carbocycles. The summed E-state index contributed by atoms with van der Waals surface area (Å²) in [5.41, 5.74) is 0.424. The summed E-state index contributed by atoms with van der Waals surface area (Å²) in [7, 11) is 1.34. The molecule has 6 N–H and O–H groups in total. The zero-order chi connectivity index (χ0) is 24.1. The molecule has 1 aliphatic heterocycles. The first-order chi connectivity index (χ1) is 15.7. The first-order valence-electron chi connectivity index (χ1n) is 9.79. The molecule has 0 bridgehead atoms. The molecule has 1 saturated heterocycles. The van der Waals surface area contributed by atoms with Crippen LogP contribution >= 0.6 is 0 Å². The first-order valence-corrected chi connectivity index (χ1v) is 9.79. The molecule has 11 heteroatoms. The van der Waals surface area contributed by atoms with Crippen LogP contribution in [0, 0.1) is 0 Å². The van der Waals surface area contributed by atoms with E-state index in [2.05, 4.69) is 0 Å². The maximum Gasteiger partial charge on any atom is 0.330 e. The van der Waals surface area contributed by atoms with Crippen LogP contribution in [-0.4, -0.2) is 81.0 Å². The van der Waals surface area contributed by atoms with Crippen molar-refractivity contribution in [3.63, 3.8) is 0 Å². The topological polar surface area (TPSA) is 175 Å². The molecule has 0 aromatic heterocycles. The van der Waals surface area contributed by atoms with E-state index in [0.29, 0.717) is 5.56 Å². The summed E-state index contributed by atoms with van der Waals surface area (Å²) in [5.74, 6) is -1.34. The number of rotatable bonds is 7. The summed E-state index contributed by atoms with van der Waals surface area (Å²) < 4.78 is 21.0. The minimum Gasteiger partial charge on any atom is -0.504 e. The van der Waals surface area contributed by atoms with Crippen LogP contribution in [0.2, 0.25) is 0 Å². The number of phenols is 3. The summed E-state index contributed by atoms with van der Waals surface area (Å²) in [6.07, 6.45) is -5.08. The fraction of sp³-hybridized carbons (Fsp3) is 0.318. The lowest BCUT2D eigenvalue weighted by Crippen LogP contribution is -2.60. The minimum atomic E-state index is -1.65. The molecule has 0 unspecified atom stereocenters. The Balaban J connectivity index is 1.61. The molecule has 178 valence electrons. The van der Waals surface area contributed by atoms with Gasteiger partial charge >= 0.3 is 5.97 Å². The summed E-state index contributed by atoms with van der Waals surface area (Å²) in [4.78, 5) is 12.0. The molecule has 0 aliphatic carbocycles. The van der Waals surface area contributed by atoms with E-state index in [0.717, 1.165) is 6.08 Å². The van der Waals surface area contributed by atoms with Crippen LogP contribution in [0.4, 0.5) is 0 Å². The Hall–Kier alpha value is -3.51. The Bertz CT molecular complexity index is 1010. The van der Waals surface area contributed by atoms with Gasteiger partial charge in [0.2, 0.25) is 6.29 Å². The van der Waals surface area contributed by atoms with E-state index in [4.69, 9.17) is 18.9 Å². The van der Waals surface area contributed by atoms with Crippen molar-refractivity contribution in [2.24, 2.45) is 0 Å². The molecule has 33 heavy (non-hydrogen) atoms. The van der Waals surface area contributed by atoms with E-state index in [-0.39, 0.29) is 28.7 Å². The van der Waals surface area contributed by atoms with Gasteiger partial charge in [0.05, 0.1) is 7.11 Å². The Morgan fingerprint density at radius 3 is 2.39 bits per heavy atom. The zero-order valence-electron chi connectivity index (χ0n) is 17.4. The Kier molecular flexibility index (Phi) is 7.61. The van der Waals surface area contributed by atoms with Crippen molar-refractivity contribution < 1.29 is 54.4 Å². The molecular formula is C22H24O11. The number of phenolic OH excluding ortho intramolecular Hbond substituents is 3. The number of hydrogen-bond donors (Lipinski definition) is 6. The lowest BCUT2D eigenvalue weighted by molar-refractivity contribution is -0.278. The highest BCUT2D eigenvalue weighted by molar-refractivity contribution is 5.87. The van der Waals surface area contributed by atoms with E-state index in [1.165, 1.54) is 49.6 Å². The number of aromatic hydroxyl groups is 3. The molecule has 0 saturated carbocycles. The van der Waals surface area contributed by atoms with Crippen LogP contribution in [0.15, 0.2) is 42.5 Å². The molecular weight excluding hydrogens is 440 g/mol. The number of benzene rings is 2. The zero-order valence-corrected chi connectivity index (χ0v) is 17.4. The summed E-state index contributed by atoms with van der Waals surface area (Å²) in [5, 5.41) is 59.0. The van der Waals surface area contributed by atoms with Gasteiger partial charge in [-0.3, -0.25) is 0 Å². The monoisotopic (exact) mass is 464 g/mol. The molecule has 2 aromatic rings. The van der Waals surface area contributed by atoms with Crippen molar-refractivity contribution >= 4 is 12.0 Å². The smallest absolute Gasteiger partial charge is 0.330 e. The van der Waals surface area contributed by atoms with E-state index in [1.54, 1.807) is 0 Å². The van der Waals surface area contributed by atoms with Crippen LogP contribution < -0.4 is 9.47 Å². The Labute approximate surface area is 188 Å². The highest BCUT2D eigenvalue weighted by atomic mass is 16.7. The van der Waals surface area contributed by atoms with Crippen molar-refractivity contribution in [2.45, 2.75) is 30.7 Å². The minimum absolute atomic E-state index is 0.109. The lowest BCUT2D eigenvalue weighted by atomic mass is 9.99. The highest BCUT2D eigenvalue weighted by Gasteiger charge is 2.45. The second-order valence-electron chi connectivity index (χ2n) is 7.18. The van der Waals surface area contributed by atoms with Gasteiger partial charge in [-0.15, -0.1) is 0 Å². The Morgan fingerprint density at radius 1 is 0.970 bits per heavy atom.